The van der Waals surface area contributed by atoms with Crippen LogP contribution in [0.4, 0.5) is 19.0 Å². The van der Waals surface area contributed by atoms with Crippen LogP contribution in [0.2, 0.25) is 0 Å². The second kappa shape index (κ2) is 7.88. The number of nitrogens with zero attached hydrogens (tertiary/aromatic N) is 8. The Morgan fingerprint density at radius 3 is 2.62 bits per heavy atom. The highest BCUT2D eigenvalue weighted by molar-refractivity contribution is 5.72. The number of imidazole rings is 1. The van der Waals surface area contributed by atoms with Crippen molar-refractivity contribution in [2.45, 2.75) is 69.6 Å². The molecule has 10 rings (SSSR count). The summed E-state index contributed by atoms with van der Waals surface area (Å²) < 4.78 is 48.5. The van der Waals surface area contributed by atoms with E-state index in [1.54, 1.807) is 16.6 Å². The van der Waals surface area contributed by atoms with E-state index in [9.17, 15) is 18.4 Å². The molecule has 6 saturated carbocycles. The van der Waals surface area contributed by atoms with Gasteiger partial charge in [0.2, 0.25) is 5.88 Å². The summed E-state index contributed by atoms with van der Waals surface area (Å²) in [6.07, 6.45) is 4.36. The molecule has 0 bridgehead atoms. The number of alkyl halides is 3. The summed E-state index contributed by atoms with van der Waals surface area (Å²) in [7, 11) is 1.60. The van der Waals surface area contributed by atoms with Gasteiger partial charge in [-0.15, -0.1) is 0 Å². The van der Waals surface area contributed by atoms with Crippen LogP contribution in [0.15, 0.2) is 12.5 Å². The lowest BCUT2D eigenvalue weighted by Crippen LogP contribution is -2.81. The number of aromatic nitrogens is 6. The summed E-state index contributed by atoms with van der Waals surface area (Å²) in [6, 6.07) is -0.0707. The fourth-order valence-electron chi connectivity index (χ4n) is 11.1. The SMILES string of the molecule is COc1ncnc(C2CC2)c1-c1nc2c(c(NCC34CC5C3C36C4C3C56c3nc(C(F)(F)F)cn3C(C)C)n1)CN(C#N)CC2. The monoisotopic (exact) mass is 615 g/mol. The quantitative estimate of drug-likeness (QED) is 0.360. The van der Waals surface area contributed by atoms with Crippen molar-refractivity contribution < 1.29 is 17.9 Å². The first kappa shape index (κ1) is 26.3. The maximum Gasteiger partial charge on any atom is 0.434 e. The van der Waals surface area contributed by atoms with Gasteiger partial charge in [-0.05, 0) is 67.6 Å². The predicted octanol–water partition coefficient (Wildman–Crippen LogP) is 4.70. The number of fused-ring (bicyclic) bond motifs is 5. The van der Waals surface area contributed by atoms with Crippen molar-refractivity contribution in [3.05, 3.63) is 41.0 Å². The van der Waals surface area contributed by atoms with E-state index in [1.807, 2.05) is 13.8 Å². The molecule has 13 heteroatoms. The Kier molecular flexibility index (Phi) is 4.60. The number of hydrogen-bond donors (Lipinski definition) is 1. The zero-order valence-corrected chi connectivity index (χ0v) is 25.2. The molecule has 0 amide bonds. The first-order valence-electron chi connectivity index (χ1n) is 16.0. The first-order chi connectivity index (χ1) is 21.6. The number of methoxy groups -OCH3 is 1. The fourth-order valence-corrected chi connectivity index (χ4v) is 11.1. The van der Waals surface area contributed by atoms with Gasteiger partial charge < -0.3 is 19.5 Å². The first-order valence-corrected chi connectivity index (χ1v) is 16.0. The van der Waals surface area contributed by atoms with Gasteiger partial charge in [-0.25, -0.2) is 24.9 Å². The Morgan fingerprint density at radius 2 is 1.98 bits per heavy atom. The molecule has 3 aromatic heterocycles. The molecule has 6 fully saturated rings. The lowest BCUT2D eigenvalue weighted by atomic mass is 9.22. The molecule has 232 valence electrons. The number of ether oxygens (including phenoxy) is 1. The Bertz CT molecular complexity index is 1880. The second-order valence-corrected chi connectivity index (χ2v) is 14.6. The highest BCUT2D eigenvalue weighted by atomic mass is 19.4. The van der Waals surface area contributed by atoms with Gasteiger partial charge in [0.25, 0.3) is 0 Å². The van der Waals surface area contributed by atoms with Gasteiger partial charge in [0.05, 0.1) is 25.0 Å². The number of halogens is 3. The maximum atomic E-state index is 13.7. The van der Waals surface area contributed by atoms with Crippen LogP contribution in [0.25, 0.3) is 11.4 Å². The third-order valence-corrected chi connectivity index (χ3v) is 12.7. The van der Waals surface area contributed by atoms with Crippen molar-refractivity contribution in [2.75, 3.05) is 25.5 Å². The molecule has 0 aromatic carbocycles. The van der Waals surface area contributed by atoms with Crippen LogP contribution in [0.1, 0.15) is 73.5 Å². The third kappa shape index (κ3) is 2.79. The fraction of sp³-hybridized carbons (Fsp3) is 0.625. The highest BCUT2D eigenvalue weighted by Crippen LogP contribution is 3.19. The van der Waals surface area contributed by atoms with Crippen molar-refractivity contribution >= 4 is 5.82 Å². The summed E-state index contributed by atoms with van der Waals surface area (Å²) in [4.78, 5) is 25.0. The van der Waals surface area contributed by atoms with Crippen LogP contribution in [-0.4, -0.2) is 54.6 Å². The summed E-state index contributed by atoms with van der Waals surface area (Å²) in [5.74, 6) is 4.65. The smallest absolute Gasteiger partial charge is 0.434 e. The maximum absolute atomic E-state index is 13.7. The van der Waals surface area contributed by atoms with Crippen LogP contribution in [0, 0.1) is 46.0 Å². The Morgan fingerprint density at radius 1 is 1.16 bits per heavy atom. The van der Waals surface area contributed by atoms with Gasteiger partial charge in [0.1, 0.15) is 23.5 Å². The molecule has 45 heavy (non-hydrogen) atoms. The second-order valence-electron chi connectivity index (χ2n) is 14.6. The highest BCUT2D eigenvalue weighted by Gasteiger charge is 3.20. The van der Waals surface area contributed by atoms with Gasteiger partial charge in [-0.2, -0.15) is 18.4 Å². The number of rotatable bonds is 8. The minimum atomic E-state index is -4.44. The van der Waals surface area contributed by atoms with Crippen LogP contribution in [-0.2, 0) is 24.6 Å². The van der Waals surface area contributed by atoms with Crippen LogP contribution in [0.3, 0.4) is 0 Å². The van der Waals surface area contributed by atoms with Gasteiger partial charge in [0.15, 0.2) is 17.7 Å². The molecule has 7 aliphatic rings. The average Bonchev–Trinajstić information content (AvgIpc) is 3.97. The molecule has 0 saturated heterocycles. The van der Waals surface area contributed by atoms with E-state index in [4.69, 9.17) is 14.7 Å². The standard InChI is InChI=1S/C32H32F3N9O/c1-14(2)44-10-19(32(33,34)35)41-28(44)30-17-8-29(22(17)31(30)23(29)24(30)31)11-37-25-16-9-43(12-36)7-6-18(16)40-26(42-25)20-21(15-4-5-15)38-13-39-27(20)45-3/h10,13-15,17,22-24H,4-9,11H2,1-3H3,(H,37,40,42). The van der Waals surface area contributed by atoms with Gasteiger partial charge in [0, 0.05) is 48.6 Å². The lowest BCUT2D eigenvalue weighted by molar-refractivity contribution is -0.313. The van der Waals surface area contributed by atoms with Crippen molar-refractivity contribution in [2.24, 2.45) is 34.5 Å². The van der Waals surface area contributed by atoms with Crippen molar-refractivity contribution in [3.63, 3.8) is 0 Å². The van der Waals surface area contributed by atoms with Crippen LogP contribution < -0.4 is 10.1 Å². The lowest BCUT2D eigenvalue weighted by Gasteiger charge is -2.81. The van der Waals surface area contributed by atoms with Crippen molar-refractivity contribution in [1.82, 2.24) is 34.4 Å². The molecular formula is C32H32F3N9O. The zero-order chi connectivity index (χ0) is 30.8. The molecule has 0 radical (unpaired) electrons. The number of nitriles is 1. The minimum absolute atomic E-state index is 0.0707. The summed E-state index contributed by atoms with van der Waals surface area (Å²) in [6.45, 7) is 5.68. The Balaban J connectivity index is 0.963. The zero-order valence-electron chi connectivity index (χ0n) is 25.2. The normalized spacial score (nSPS) is 35.6. The minimum Gasteiger partial charge on any atom is -0.480 e. The van der Waals surface area contributed by atoms with E-state index in [0.717, 1.165) is 54.1 Å². The molecular weight excluding hydrogens is 583 g/mol. The molecule has 7 atom stereocenters. The van der Waals surface area contributed by atoms with E-state index in [0.29, 0.717) is 66.6 Å². The number of anilines is 1. The Hall–Kier alpha value is -3.95. The van der Waals surface area contributed by atoms with E-state index < -0.39 is 11.9 Å². The van der Waals surface area contributed by atoms with Crippen molar-refractivity contribution in [3.8, 4) is 23.5 Å². The van der Waals surface area contributed by atoms with E-state index in [-0.39, 0.29) is 22.3 Å². The molecule has 10 nitrogen and oxygen atoms in total. The Labute approximate surface area is 257 Å². The molecule has 1 N–H and O–H groups in total. The number of nitrogens with one attached hydrogen (secondary N) is 1. The molecule has 4 heterocycles. The summed E-state index contributed by atoms with van der Waals surface area (Å²) in [5.41, 5.74) is 2.90. The predicted molar refractivity (Wildman–Crippen MR) is 153 cm³/mol. The molecule has 1 spiro atoms. The van der Waals surface area contributed by atoms with Crippen LogP contribution in [0.5, 0.6) is 5.88 Å². The molecule has 1 aliphatic heterocycles. The van der Waals surface area contributed by atoms with Crippen molar-refractivity contribution in [1.29, 1.82) is 5.26 Å². The van der Waals surface area contributed by atoms with E-state index in [2.05, 4.69) is 26.5 Å². The van der Waals surface area contributed by atoms with Crippen LogP contribution >= 0.6 is 0 Å². The largest absolute Gasteiger partial charge is 0.480 e. The molecule has 3 aromatic rings. The average molecular weight is 616 g/mol. The topological polar surface area (TPSA) is 118 Å². The number of hydrogen-bond acceptors (Lipinski definition) is 9. The van der Waals surface area contributed by atoms with E-state index in [1.165, 1.54) is 12.5 Å². The molecule has 7 unspecified atom stereocenters. The van der Waals surface area contributed by atoms with E-state index >= 15 is 0 Å². The van der Waals surface area contributed by atoms with Gasteiger partial charge >= 0.3 is 6.18 Å². The van der Waals surface area contributed by atoms with Gasteiger partial charge in [-0.3, -0.25) is 0 Å². The third-order valence-electron chi connectivity index (χ3n) is 12.7. The summed E-state index contributed by atoms with van der Waals surface area (Å²) >= 11 is 0. The molecule has 6 aliphatic carbocycles. The van der Waals surface area contributed by atoms with Gasteiger partial charge in [-0.1, -0.05) is 0 Å². The summed E-state index contributed by atoms with van der Waals surface area (Å²) in [5, 5.41) is 13.4.